The lowest BCUT2D eigenvalue weighted by atomic mass is 10.2. The molecule has 0 spiro atoms. The van der Waals surface area contributed by atoms with E-state index in [1.807, 2.05) is 0 Å². The van der Waals surface area contributed by atoms with Crippen LogP contribution in [-0.4, -0.2) is 21.3 Å². The minimum atomic E-state index is -1.16. The van der Waals surface area contributed by atoms with Gasteiger partial charge in [0.1, 0.15) is 12.4 Å². The Hall–Kier alpha value is -2.50. The van der Waals surface area contributed by atoms with Crippen molar-refractivity contribution < 1.29 is 19.0 Å². The monoisotopic (exact) mass is 248 g/mol. The number of benzene rings is 1. The molecule has 2 rings (SSSR count). The van der Waals surface area contributed by atoms with Crippen LogP contribution in [-0.2, 0) is 6.61 Å². The fourth-order valence-corrected chi connectivity index (χ4v) is 1.28. The van der Waals surface area contributed by atoms with Gasteiger partial charge in [-0.15, -0.1) is 10.2 Å². The normalized spacial score (nSPS) is 10.1. The van der Waals surface area contributed by atoms with Gasteiger partial charge in [-0.25, -0.2) is 9.18 Å². The first-order valence-corrected chi connectivity index (χ1v) is 5.10. The predicted octanol–water partition coefficient (Wildman–Crippen LogP) is 1.89. The van der Waals surface area contributed by atoms with E-state index in [4.69, 9.17) is 9.84 Å². The number of hydrogen-bond acceptors (Lipinski definition) is 4. The van der Waals surface area contributed by atoms with E-state index in [0.717, 1.165) is 0 Å². The van der Waals surface area contributed by atoms with Crippen LogP contribution in [0.5, 0.6) is 5.88 Å². The summed E-state index contributed by atoms with van der Waals surface area (Å²) in [4.78, 5) is 10.5. The zero-order valence-corrected chi connectivity index (χ0v) is 9.21. The summed E-state index contributed by atoms with van der Waals surface area (Å²) in [7, 11) is 0. The number of ether oxygens (including phenoxy) is 1. The average Bonchev–Trinajstić information content (AvgIpc) is 2.38. The van der Waals surface area contributed by atoms with Crippen molar-refractivity contribution in [2.24, 2.45) is 0 Å². The maximum absolute atomic E-state index is 13.3. The highest BCUT2D eigenvalue weighted by Crippen LogP contribution is 2.11. The summed E-state index contributed by atoms with van der Waals surface area (Å²) in [6, 6.07) is 8.84. The Labute approximate surface area is 102 Å². The number of carboxylic acids is 1. The molecule has 0 saturated heterocycles. The number of hydrogen-bond donors (Lipinski definition) is 1. The van der Waals surface area contributed by atoms with Gasteiger partial charge in [0, 0.05) is 11.6 Å². The highest BCUT2D eigenvalue weighted by molar-refractivity contribution is 5.84. The van der Waals surface area contributed by atoms with E-state index in [1.54, 1.807) is 18.2 Å². The van der Waals surface area contributed by atoms with Crippen LogP contribution in [0.4, 0.5) is 4.39 Å². The van der Waals surface area contributed by atoms with E-state index in [-0.39, 0.29) is 24.0 Å². The van der Waals surface area contributed by atoms with E-state index in [9.17, 15) is 9.18 Å². The lowest BCUT2D eigenvalue weighted by Gasteiger charge is -2.05. The lowest BCUT2D eigenvalue weighted by molar-refractivity contribution is 0.0689. The van der Waals surface area contributed by atoms with Crippen LogP contribution in [0.1, 0.15) is 16.1 Å². The zero-order valence-electron chi connectivity index (χ0n) is 9.21. The Kier molecular flexibility index (Phi) is 3.47. The molecule has 1 aromatic heterocycles. The van der Waals surface area contributed by atoms with Crippen LogP contribution in [0.2, 0.25) is 0 Å². The van der Waals surface area contributed by atoms with E-state index in [1.165, 1.54) is 18.2 Å². The van der Waals surface area contributed by atoms with Gasteiger partial charge < -0.3 is 9.84 Å². The van der Waals surface area contributed by atoms with Gasteiger partial charge in [0.2, 0.25) is 5.88 Å². The topological polar surface area (TPSA) is 72.3 Å². The summed E-state index contributed by atoms with van der Waals surface area (Å²) in [5, 5.41) is 15.6. The van der Waals surface area contributed by atoms with Gasteiger partial charge in [-0.05, 0) is 12.1 Å². The van der Waals surface area contributed by atoms with Crippen LogP contribution in [0, 0.1) is 5.82 Å². The summed E-state index contributed by atoms with van der Waals surface area (Å²) in [5.41, 5.74) is 0.217. The van der Waals surface area contributed by atoms with Crippen molar-refractivity contribution >= 4 is 5.97 Å². The minimum absolute atomic E-state index is 0.00771. The van der Waals surface area contributed by atoms with Gasteiger partial charge in [0.25, 0.3) is 0 Å². The number of carboxylic acid groups (broad SMARTS) is 1. The van der Waals surface area contributed by atoms with Crippen molar-refractivity contribution in [1.82, 2.24) is 10.2 Å². The molecule has 0 unspecified atom stereocenters. The molecule has 0 atom stereocenters. The molecule has 2 aromatic rings. The number of rotatable bonds is 4. The number of nitrogens with zero attached hydrogens (tertiary/aromatic N) is 2. The second kappa shape index (κ2) is 5.22. The second-order valence-corrected chi connectivity index (χ2v) is 3.44. The third-order valence-electron chi connectivity index (χ3n) is 2.19. The first kappa shape index (κ1) is 12.0. The molecule has 0 aliphatic carbocycles. The largest absolute Gasteiger partial charge is 0.476 e. The molecule has 0 fully saturated rings. The number of aromatic carboxylic acids is 1. The van der Waals surface area contributed by atoms with Crippen LogP contribution < -0.4 is 4.74 Å². The van der Waals surface area contributed by atoms with Gasteiger partial charge in [-0.1, -0.05) is 18.2 Å². The molecule has 0 radical (unpaired) electrons. The molecular formula is C12H9FN2O3. The molecule has 1 N–H and O–H groups in total. The first-order valence-electron chi connectivity index (χ1n) is 5.10. The highest BCUT2D eigenvalue weighted by atomic mass is 19.1. The Morgan fingerprint density at radius 3 is 2.61 bits per heavy atom. The third-order valence-corrected chi connectivity index (χ3v) is 2.19. The molecule has 0 bridgehead atoms. The van der Waals surface area contributed by atoms with Crippen LogP contribution in [0.15, 0.2) is 36.4 Å². The molecule has 0 aliphatic heterocycles. The lowest BCUT2D eigenvalue weighted by Crippen LogP contribution is -2.04. The molecule has 18 heavy (non-hydrogen) atoms. The molecule has 0 amide bonds. The highest BCUT2D eigenvalue weighted by Gasteiger charge is 2.06. The molecule has 92 valence electrons. The van der Waals surface area contributed by atoms with E-state index in [0.29, 0.717) is 5.56 Å². The smallest absolute Gasteiger partial charge is 0.356 e. The van der Waals surface area contributed by atoms with E-state index < -0.39 is 5.97 Å². The first-order chi connectivity index (χ1) is 8.66. The van der Waals surface area contributed by atoms with Crippen molar-refractivity contribution in [3.05, 3.63) is 53.5 Å². The predicted molar refractivity (Wildman–Crippen MR) is 59.7 cm³/mol. The summed E-state index contributed by atoms with van der Waals surface area (Å²) >= 11 is 0. The molecule has 0 aliphatic rings. The number of halogens is 1. The van der Waals surface area contributed by atoms with E-state index >= 15 is 0 Å². The maximum atomic E-state index is 13.3. The molecule has 1 aromatic carbocycles. The minimum Gasteiger partial charge on any atom is -0.476 e. The van der Waals surface area contributed by atoms with Crippen molar-refractivity contribution in [2.45, 2.75) is 6.61 Å². The van der Waals surface area contributed by atoms with E-state index in [2.05, 4.69) is 10.2 Å². The fraction of sp³-hybridized carbons (Fsp3) is 0.0833. The quantitative estimate of drug-likeness (QED) is 0.894. The Morgan fingerprint density at radius 2 is 2.00 bits per heavy atom. The van der Waals surface area contributed by atoms with Crippen molar-refractivity contribution in [3.63, 3.8) is 0 Å². The number of aromatic nitrogens is 2. The van der Waals surface area contributed by atoms with Crippen LogP contribution in [0.25, 0.3) is 0 Å². The molecular weight excluding hydrogens is 239 g/mol. The summed E-state index contributed by atoms with van der Waals surface area (Å²) in [6.07, 6.45) is 0. The molecule has 1 heterocycles. The summed E-state index contributed by atoms with van der Waals surface area (Å²) in [6.45, 7) is 0.00771. The van der Waals surface area contributed by atoms with Gasteiger partial charge in [0.15, 0.2) is 5.69 Å². The maximum Gasteiger partial charge on any atom is 0.356 e. The summed E-state index contributed by atoms with van der Waals surface area (Å²) in [5.74, 6) is -1.39. The Morgan fingerprint density at radius 1 is 1.22 bits per heavy atom. The number of carbonyl (C=O) groups is 1. The van der Waals surface area contributed by atoms with Gasteiger partial charge in [-0.2, -0.15) is 0 Å². The van der Waals surface area contributed by atoms with Crippen LogP contribution >= 0.6 is 0 Å². The van der Waals surface area contributed by atoms with Gasteiger partial charge in [0.05, 0.1) is 0 Å². The van der Waals surface area contributed by atoms with Gasteiger partial charge in [-0.3, -0.25) is 0 Å². The molecule has 5 nitrogen and oxygen atoms in total. The van der Waals surface area contributed by atoms with Gasteiger partial charge >= 0.3 is 5.97 Å². The fourth-order valence-electron chi connectivity index (χ4n) is 1.28. The standard InChI is InChI=1S/C12H9FN2O3/c13-9-4-2-1-3-8(9)7-18-11-6-5-10(12(16)17)14-15-11/h1-6H,7H2,(H,16,17). The van der Waals surface area contributed by atoms with Crippen molar-refractivity contribution in [1.29, 1.82) is 0 Å². The zero-order chi connectivity index (χ0) is 13.0. The third kappa shape index (κ3) is 2.79. The average molecular weight is 248 g/mol. The summed E-state index contributed by atoms with van der Waals surface area (Å²) < 4.78 is 18.5. The second-order valence-electron chi connectivity index (χ2n) is 3.44. The SMILES string of the molecule is O=C(O)c1ccc(OCc2ccccc2F)nn1. The molecule has 6 heteroatoms. The Balaban J connectivity index is 2.02. The Bertz CT molecular complexity index is 558. The van der Waals surface area contributed by atoms with Crippen molar-refractivity contribution in [3.8, 4) is 5.88 Å². The molecule has 0 saturated carbocycles. The van der Waals surface area contributed by atoms with Crippen molar-refractivity contribution in [2.75, 3.05) is 0 Å². The van der Waals surface area contributed by atoms with Crippen LogP contribution in [0.3, 0.4) is 0 Å².